The van der Waals surface area contributed by atoms with E-state index in [0.29, 0.717) is 37.9 Å². The minimum absolute atomic E-state index is 0.0864. The first-order valence-electron chi connectivity index (χ1n) is 8.74. The highest BCUT2D eigenvalue weighted by atomic mass is 16.5. The predicted molar refractivity (Wildman–Crippen MR) is 94.9 cm³/mol. The summed E-state index contributed by atoms with van der Waals surface area (Å²) in [5.74, 6) is -0.258. The van der Waals surface area contributed by atoms with Gasteiger partial charge < -0.3 is 14.5 Å². The van der Waals surface area contributed by atoms with Gasteiger partial charge >= 0.3 is 11.9 Å². The maximum absolute atomic E-state index is 12.0. The number of carbonyl (C=O) groups is 2. The highest BCUT2D eigenvalue weighted by Crippen LogP contribution is 2.23. The lowest BCUT2D eigenvalue weighted by Crippen LogP contribution is -2.51. The summed E-state index contributed by atoms with van der Waals surface area (Å²) in [6.45, 7) is 10.2. The van der Waals surface area contributed by atoms with Crippen LogP contribution in [0.1, 0.15) is 33.4 Å². The summed E-state index contributed by atoms with van der Waals surface area (Å²) in [5, 5.41) is 4.61. The van der Waals surface area contributed by atoms with Crippen molar-refractivity contribution in [2.24, 2.45) is 0 Å². The fraction of sp³-hybridized carbons (Fsp3) is 0.588. The second-order valence-electron chi connectivity index (χ2n) is 7.20. The molecule has 0 unspecified atom stereocenters. The molecule has 0 N–H and O–H groups in total. The van der Waals surface area contributed by atoms with Crippen molar-refractivity contribution < 1.29 is 14.3 Å². The van der Waals surface area contributed by atoms with Gasteiger partial charge in [0.15, 0.2) is 0 Å². The average molecular weight is 360 g/mol. The van der Waals surface area contributed by atoms with Gasteiger partial charge in [-0.3, -0.25) is 4.79 Å². The van der Waals surface area contributed by atoms with Crippen LogP contribution in [0.15, 0.2) is 12.3 Å². The van der Waals surface area contributed by atoms with E-state index in [1.54, 1.807) is 17.6 Å². The van der Waals surface area contributed by atoms with Crippen molar-refractivity contribution in [3.05, 3.63) is 18.0 Å². The number of amides is 1. The third kappa shape index (κ3) is 3.47. The van der Waals surface area contributed by atoms with Crippen molar-refractivity contribution in [3.63, 3.8) is 0 Å². The Hall–Kier alpha value is -2.71. The molecule has 0 saturated carbocycles. The fourth-order valence-electron chi connectivity index (χ4n) is 2.92. The van der Waals surface area contributed by atoms with E-state index in [1.165, 1.54) is 4.90 Å². The number of piperazine rings is 1. The first-order chi connectivity index (χ1) is 12.3. The Labute approximate surface area is 152 Å². The Morgan fingerprint density at radius 2 is 1.88 bits per heavy atom. The maximum Gasteiger partial charge on any atom is 0.397 e. The summed E-state index contributed by atoms with van der Waals surface area (Å²) in [5.41, 5.74) is 0.939. The third-order valence-corrected chi connectivity index (χ3v) is 4.30. The van der Waals surface area contributed by atoms with Crippen molar-refractivity contribution in [3.8, 4) is 0 Å². The average Bonchev–Trinajstić information content (AvgIpc) is 3.04. The molecule has 140 valence electrons. The first kappa shape index (κ1) is 18.1. The Kier molecular flexibility index (Phi) is 4.80. The van der Waals surface area contributed by atoms with E-state index < -0.39 is 11.9 Å². The van der Waals surface area contributed by atoms with Crippen LogP contribution in [-0.4, -0.2) is 69.1 Å². The van der Waals surface area contributed by atoms with Crippen LogP contribution < -0.4 is 4.90 Å². The molecule has 3 rings (SSSR count). The van der Waals surface area contributed by atoms with E-state index in [2.05, 4.69) is 35.8 Å². The number of aromatic nitrogens is 4. The Bertz CT molecular complexity index is 818. The van der Waals surface area contributed by atoms with E-state index in [9.17, 15) is 9.59 Å². The van der Waals surface area contributed by atoms with Gasteiger partial charge in [-0.2, -0.15) is 9.50 Å². The second-order valence-corrected chi connectivity index (χ2v) is 7.20. The summed E-state index contributed by atoms with van der Waals surface area (Å²) in [4.78, 5) is 35.9. The zero-order chi connectivity index (χ0) is 18.9. The van der Waals surface area contributed by atoms with Crippen molar-refractivity contribution in [1.29, 1.82) is 0 Å². The van der Waals surface area contributed by atoms with Crippen LogP contribution in [0.3, 0.4) is 0 Å². The lowest BCUT2D eigenvalue weighted by molar-refractivity contribution is -0.160. The lowest BCUT2D eigenvalue weighted by atomic mass is 9.92. The summed E-state index contributed by atoms with van der Waals surface area (Å²) in [6.07, 6.45) is 1.74. The van der Waals surface area contributed by atoms with E-state index in [-0.39, 0.29) is 12.0 Å². The van der Waals surface area contributed by atoms with Crippen molar-refractivity contribution >= 4 is 23.6 Å². The van der Waals surface area contributed by atoms with Gasteiger partial charge in [0.2, 0.25) is 5.95 Å². The predicted octanol–water partition coefficient (Wildman–Crippen LogP) is 0.633. The Morgan fingerprint density at radius 1 is 1.19 bits per heavy atom. The topological polar surface area (TPSA) is 92.9 Å². The molecule has 1 amide bonds. The molecule has 9 nitrogen and oxygen atoms in total. The van der Waals surface area contributed by atoms with Crippen molar-refractivity contribution in [1.82, 2.24) is 24.5 Å². The standard InChI is InChI=1S/C17H24N6O3/c1-5-26-14(25)13(24)21-8-10-22(11-9-21)16-19-15-18-7-6-12(17(2,3)4)23(15)20-16/h6-7H,5,8-11H2,1-4H3. The molecule has 26 heavy (non-hydrogen) atoms. The zero-order valence-electron chi connectivity index (χ0n) is 15.6. The molecule has 0 aromatic carbocycles. The Morgan fingerprint density at radius 3 is 2.50 bits per heavy atom. The number of carbonyl (C=O) groups excluding carboxylic acids is 2. The molecule has 0 aliphatic carbocycles. The fourth-order valence-corrected chi connectivity index (χ4v) is 2.92. The number of nitrogens with zero attached hydrogens (tertiary/aromatic N) is 6. The number of esters is 1. The lowest BCUT2D eigenvalue weighted by Gasteiger charge is -2.33. The molecule has 1 fully saturated rings. The van der Waals surface area contributed by atoms with Crippen LogP contribution in [0.4, 0.5) is 5.95 Å². The number of anilines is 1. The van der Waals surface area contributed by atoms with Crippen LogP contribution in [0.2, 0.25) is 0 Å². The van der Waals surface area contributed by atoms with Crippen LogP contribution in [0.25, 0.3) is 5.78 Å². The molecule has 1 aliphatic heterocycles. The van der Waals surface area contributed by atoms with Gasteiger partial charge in [-0.25, -0.2) is 9.78 Å². The van der Waals surface area contributed by atoms with Gasteiger partial charge in [0.05, 0.1) is 12.3 Å². The van der Waals surface area contributed by atoms with E-state index in [0.717, 1.165) is 5.69 Å². The highest BCUT2D eigenvalue weighted by Gasteiger charge is 2.29. The molecule has 9 heteroatoms. The maximum atomic E-state index is 12.0. The molecule has 0 radical (unpaired) electrons. The van der Waals surface area contributed by atoms with Gasteiger partial charge in [-0.15, -0.1) is 5.10 Å². The SMILES string of the molecule is CCOC(=O)C(=O)N1CCN(c2nc3nccc(C(C)(C)C)n3n2)CC1. The van der Waals surface area contributed by atoms with Gasteiger partial charge in [0.25, 0.3) is 5.78 Å². The molecular formula is C17H24N6O3. The zero-order valence-corrected chi connectivity index (χ0v) is 15.6. The Balaban J connectivity index is 1.74. The molecular weight excluding hydrogens is 336 g/mol. The summed E-state index contributed by atoms with van der Waals surface area (Å²) in [7, 11) is 0. The van der Waals surface area contributed by atoms with Gasteiger partial charge in [-0.05, 0) is 13.0 Å². The summed E-state index contributed by atoms with van der Waals surface area (Å²) in [6, 6.07) is 1.95. The number of rotatable bonds is 2. The summed E-state index contributed by atoms with van der Waals surface area (Å²) < 4.78 is 6.54. The molecule has 0 atom stereocenters. The summed E-state index contributed by atoms with van der Waals surface area (Å²) >= 11 is 0. The molecule has 1 aliphatic rings. The smallest absolute Gasteiger partial charge is 0.397 e. The molecule has 1 saturated heterocycles. The van der Waals surface area contributed by atoms with Crippen molar-refractivity contribution in [2.75, 3.05) is 37.7 Å². The second kappa shape index (κ2) is 6.89. The number of hydrogen-bond donors (Lipinski definition) is 0. The number of fused-ring (bicyclic) bond motifs is 1. The molecule has 2 aromatic rings. The van der Waals surface area contributed by atoms with E-state index in [1.807, 2.05) is 11.0 Å². The molecule has 2 aromatic heterocycles. The number of hydrogen-bond acceptors (Lipinski definition) is 7. The molecule has 3 heterocycles. The van der Waals surface area contributed by atoms with Crippen LogP contribution in [-0.2, 0) is 19.7 Å². The quantitative estimate of drug-likeness (QED) is 0.573. The van der Waals surface area contributed by atoms with Crippen molar-refractivity contribution in [2.45, 2.75) is 33.1 Å². The van der Waals surface area contributed by atoms with Crippen LogP contribution in [0.5, 0.6) is 0 Å². The van der Waals surface area contributed by atoms with E-state index >= 15 is 0 Å². The molecule has 0 bridgehead atoms. The first-order valence-corrected chi connectivity index (χ1v) is 8.74. The minimum Gasteiger partial charge on any atom is -0.459 e. The van der Waals surface area contributed by atoms with Gasteiger partial charge in [0, 0.05) is 37.8 Å². The van der Waals surface area contributed by atoms with Crippen LogP contribution in [0, 0.1) is 0 Å². The largest absolute Gasteiger partial charge is 0.459 e. The molecule has 0 spiro atoms. The van der Waals surface area contributed by atoms with Gasteiger partial charge in [-0.1, -0.05) is 20.8 Å². The minimum atomic E-state index is -0.800. The monoisotopic (exact) mass is 360 g/mol. The van der Waals surface area contributed by atoms with E-state index in [4.69, 9.17) is 4.74 Å². The number of ether oxygens (including phenoxy) is 1. The normalized spacial score (nSPS) is 15.4. The highest BCUT2D eigenvalue weighted by molar-refractivity contribution is 6.32. The van der Waals surface area contributed by atoms with Crippen LogP contribution >= 0.6 is 0 Å². The third-order valence-electron chi connectivity index (χ3n) is 4.30. The van der Waals surface area contributed by atoms with Gasteiger partial charge in [0.1, 0.15) is 0 Å².